The van der Waals surface area contributed by atoms with Crippen molar-refractivity contribution in [2.24, 2.45) is 0 Å². The zero-order valence-electron chi connectivity index (χ0n) is 39.7. The summed E-state index contributed by atoms with van der Waals surface area (Å²) >= 11 is 0. The van der Waals surface area contributed by atoms with Crippen molar-refractivity contribution in [3.63, 3.8) is 0 Å². The molecule has 0 radical (unpaired) electrons. The monoisotopic (exact) mass is 872 g/mol. The largest absolute Gasteiger partial charge is 0.345 e. The first-order valence-electron chi connectivity index (χ1n) is 23.7. The lowest BCUT2D eigenvalue weighted by atomic mass is 10.1. The van der Waals surface area contributed by atoms with Crippen molar-refractivity contribution in [2.75, 3.05) is 11.9 Å². The van der Waals surface area contributed by atoms with Crippen molar-refractivity contribution >= 4 is 76.8 Å². The Labute approximate surface area is 395 Å². The highest BCUT2D eigenvalue weighted by Crippen LogP contribution is 2.36. The molecule has 0 aliphatic heterocycles. The highest BCUT2D eigenvalue weighted by molar-refractivity contribution is 6.11. The molecule has 0 aliphatic rings. The molecule has 3 heterocycles. The maximum absolute atomic E-state index is 2.38. The molecule has 0 saturated heterocycles. The molecule has 0 aliphatic carbocycles. The fraction of sp³-hybridized carbons (Fsp3) is 0.143. The van der Waals surface area contributed by atoms with Crippen LogP contribution < -0.4 is 4.90 Å². The molecule has 67 heavy (non-hydrogen) atoms. The summed E-state index contributed by atoms with van der Waals surface area (Å²) in [6.45, 7) is 12.9. The Morgan fingerprint density at radius 1 is 0.343 bits per heavy atom. The average Bonchev–Trinajstić information content (AvgIpc) is 4.01. The van der Waals surface area contributed by atoms with Crippen LogP contribution in [0.4, 0.5) is 11.4 Å². The van der Waals surface area contributed by atoms with E-state index in [4.69, 9.17) is 0 Å². The number of aryl methyl sites for hydroxylation is 5. The highest BCUT2D eigenvalue weighted by atomic mass is 15.1. The second-order valence-electron chi connectivity index (χ2n) is 17.2. The third-order valence-corrected chi connectivity index (χ3v) is 12.9. The average molecular weight is 873 g/mol. The van der Waals surface area contributed by atoms with Crippen molar-refractivity contribution in [1.29, 1.82) is 0 Å². The van der Waals surface area contributed by atoms with Gasteiger partial charge in [0.1, 0.15) is 0 Å². The van der Waals surface area contributed by atoms with Crippen LogP contribution in [0.2, 0.25) is 0 Å². The maximum atomic E-state index is 2.38. The molecule has 0 bridgehead atoms. The van der Waals surface area contributed by atoms with E-state index >= 15 is 0 Å². The number of hydrogen-bond donors (Lipinski definition) is 0. The molecule has 0 N–H and O–H groups in total. The number of hydrogen-bond acceptors (Lipinski definition) is 1. The smallest absolute Gasteiger partial charge is 0.0542 e. The van der Waals surface area contributed by atoms with Gasteiger partial charge in [0.25, 0.3) is 0 Å². The maximum Gasteiger partial charge on any atom is 0.0542 e. The summed E-state index contributed by atoms with van der Waals surface area (Å²) in [7, 11) is 2.12. The lowest BCUT2D eigenvalue weighted by Gasteiger charge is -2.19. The van der Waals surface area contributed by atoms with Crippen LogP contribution in [0.3, 0.4) is 0 Å². The lowest BCUT2D eigenvalue weighted by Crippen LogP contribution is -2.08. The number of nitrogens with zero attached hydrogens (tertiary/aromatic N) is 4. The van der Waals surface area contributed by atoms with Crippen molar-refractivity contribution < 1.29 is 0 Å². The van der Waals surface area contributed by atoms with Crippen molar-refractivity contribution in [1.82, 2.24) is 13.7 Å². The van der Waals surface area contributed by atoms with E-state index in [9.17, 15) is 0 Å². The number of para-hydroxylation sites is 5. The first kappa shape index (κ1) is 44.4. The van der Waals surface area contributed by atoms with Gasteiger partial charge in [0, 0.05) is 91.6 Å². The van der Waals surface area contributed by atoms with Crippen molar-refractivity contribution in [3.8, 4) is 5.69 Å². The molecule has 332 valence electrons. The van der Waals surface area contributed by atoms with Gasteiger partial charge in [-0.15, -0.1) is 0 Å². The van der Waals surface area contributed by atoms with E-state index in [1.54, 1.807) is 0 Å². The molecule has 0 fully saturated rings. The van der Waals surface area contributed by atoms with Gasteiger partial charge >= 0.3 is 0 Å². The quantitative estimate of drug-likeness (QED) is 0.163. The highest BCUT2D eigenvalue weighted by Gasteiger charge is 2.15. The van der Waals surface area contributed by atoms with E-state index in [1.165, 1.54) is 99.2 Å². The minimum Gasteiger partial charge on any atom is -0.345 e. The first-order chi connectivity index (χ1) is 32.9. The molecule has 12 aromatic rings. The number of rotatable bonds is 6. The van der Waals surface area contributed by atoms with Crippen molar-refractivity contribution in [2.45, 2.75) is 54.1 Å². The van der Waals surface area contributed by atoms with Gasteiger partial charge in [-0.1, -0.05) is 152 Å². The SMILES string of the molecule is CCc1ccccc1.CCn1c2ccccc2c2cc(C)ccc21.CCn1c2ccccc2c2ccccc21.Cc1ccc2c(c1)c1cc(N(C)c3ccccc3)ccc1n2-c1ccccc1. The molecule has 3 aromatic heterocycles. The topological polar surface area (TPSA) is 18.0 Å². The minimum absolute atomic E-state index is 1.02. The van der Waals surface area contributed by atoms with Crippen LogP contribution in [0.5, 0.6) is 0 Å². The third kappa shape index (κ3) is 9.08. The summed E-state index contributed by atoms with van der Waals surface area (Å²) in [5.41, 5.74) is 15.4. The second kappa shape index (κ2) is 20.1. The molecule has 0 saturated carbocycles. The molecular formula is C63H60N4. The first-order valence-corrected chi connectivity index (χ1v) is 23.7. The predicted octanol–water partition coefficient (Wildman–Crippen LogP) is 17.0. The zero-order chi connectivity index (χ0) is 46.3. The third-order valence-electron chi connectivity index (χ3n) is 12.9. The van der Waals surface area contributed by atoms with Crippen LogP contribution in [0.1, 0.15) is 37.5 Å². The summed E-state index contributed by atoms with van der Waals surface area (Å²) in [4.78, 5) is 2.24. The van der Waals surface area contributed by atoms with Gasteiger partial charge in [0.05, 0.1) is 11.0 Å². The van der Waals surface area contributed by atoms with Crippen LogP contribution in [-0.2, 0) is 19.5 Å². The van der Waals surface area contributed by atoms with Crippen LogP contribution >= 0.6 is 0 Å². The summed E-state index contributed by atoms with van der Waals surface area (Å²) < 4.78 is 7.10. The van der Waals surface area contributed by atoms with Gasteiger partial charge in [-0.2, -0.15) is 0 Å². The molecule has 4 nitrogen and oxygen atoms in total. The molecule has 9 aromatic carbocycles. The Morgan fingerprint density at radius 3 is 1.22 bits per heavy atom. The Kier molecular flexibility index (Phi) is 13.3. The standard InChI is InChI=1S/C26H22N2.C15H15N.C14H13N.C8H10/c1-19-13-15-25-23(17-19)24-18-22(27(2)20-9-5-3-6-10-20)14-16-26(24)28(25)21-11-7-4-8-12-21;1-3-16-14-7-5-4-6-12(14)13-10-11(2)8-9-15(13)16;1-2-15-13-9-5-3-7-11(13)12-8-4-6-10-14(12)15;1-2-8-6-4-3-5-7-8/h3-18H,1-2H3;4-10H,3H2,1-2H3;3-10H,2H2,1H3;3-7H,2H2,1H3. The van der Waals surface area contributed by atoms with Gasteiger partial charge in [-0.25, -0.2) is 0 Å². The van der Waals surface area contributed by atoms with E-state index < -0.39 is 0 Å². The Morgan fingerprint density at radius 2 is 0.731 bits per heavy atom. The minimum atomic E-state index is 1.02. The summed E-state index contributed by atoms with van der Waals surface area (Å²) in [5, 5.41) is 8.02. The number of benzene rings is 9. The van der Waals surface area contributed by atoms with Gasteiger partial charge in [-0.3, -0.25) is 0 Å². The molecule has 4 heteroatoms. The van der Waals surface area contributed by atoms with Crippen LogP contribution in [0.25, 0.3) is 71.1 Å². The summed E-state index contributed by atoms with van der Waals surface area (Å²) in [6, 6.07) is 77.6. The molecule has 12 rings (SSSR count). The normalized spacial score (nSPS) is 11.0. The Balaban J connectivity index is 0.000000123. The fourth-order valence-corrected chi connectivity index (χ4v) is 9.56. The molecule has 0 amide bonds. The van der Waals surface area contributed by atoms with Crippen molar-refractivity contribution in [3.05, 3.63) is 235 Å². The molecule has 0 atom stereocenters. The zero-order valence-corrected chi connectivity index (χ0v) is 39.7. The second-order valence-corrected chi connectivity index (χ2v) is 17.2. The van der Waals surface area contributed by atoms with E-state index in [2.05, 4.69) is 273 Å². The lowest BCUT2D eigenvalue weighted by molar-refractivity contribution is 0.827. The van der Waals surface area contributed by atoms with Gasteiger partial charge in [0.15, 0.2) is 0 Å². The van der Waals surface area contributed by atoms with Gasteiger partial charge < -0.3 is 18.6 Å². The number of fused-ring (bicyclic) bond motifs is 9. The summed E-state index contributed by atoms with van der Waals surface area (Å²) in [5.74, 6) is 0. The van der Waals surface area contributed by atoms with E-state index in [1.807, 2.05) is 6.07 Å². The van der Waals surface area contributed by atoms with Gasteiger partial charge in [-0.05, 0) is 125 Å². The molecular weight excluding hydrogens is 813 g/mol. The molecule has 0 unspecified atom stereocenters. The van der Waals surface area contributed by atoms with Crippen LogP contribution in [0, 0.1) is 13.8 Å². The Bertz CT molecular complexity index is 3500. The van der Waals surface area contributed by atoms with Crippen LogP contribution in [0.15, 0.2) is 218 Å². The number of anilines is 2. The predicted molar refractivity (Wildman–Crippen MR) is 291 cm³/mol. The van der Waals surface area contributed by atoms with E-state index in [-0.39, 0.29) is 0 Å². The van der Waals surface area contributed by atoms with E-state index in [0.717, 1.165) is 19.5 Å². The van der Waals surface area contributed by atoms with E-state index in [0.29, 0.717) is 0 Å². The van der Waals surface area contributed by atoms with Gasteiger partial charge in [0.2, 0.25) is 0 Å². The summed E-state index contributed by atoms with van der Waals surface area (Å²) in [6.07, 6.45) is 1.14. The Hall–Kier alpha value is -7.82. The van der Waals surface area contributed by atoms with Crippen LogP contribution in [-0.4, -0.2) is 20.7 Å². The number of aromatic nitrogens is 3. The molecule has 0 spiro atoms. The fourth-order valence-electron chi connectivity index (χ4n) is 9.56.